The first-order valence-corrected chi connectivity index (χ1v) is 6.32. The molecule has 1 aromatic carbocycles. The minimum Gasteiger partial charge on any atom is -0.336 e. The number of nitrogens with one attached hydrogen (secondary N) is 1. The van der Waals surface area contributed by atoms with Crippen LogP contribution in [0, 0.1) is 15.2 Å². The summed E-state index contributed by atoms with van der Waals surface area (Å²) in [4.78, 5) is 13.5. The second-order valence-electron chi connectivity index (χ2n) is 3.76. The fourth-order valence-electron chi connectivity index (χ4n) is 1.75. The van der Waals surface area contributed by atoms with E-state index in [1.165, 1.54) is 11.0 Å². The third kappa shape index (κ3) is 2.57. The van der Waals surface area contributed by atoms with Gasteiger partial charge in [-0.1, -0.05) is 0 Å². The molecule has 3 nitrogen and oxygen atoms in total. The van der Waals surface area contributed by atoms with E-state index in [2.05, 4.69) is 5.32 Å². The van der Waals surface area contributed by atoms with Crippen molar-refractivity contribution in [2.75, 3.05) is 26.2 Å². The summed E-state index contributed by atoms with van der Waals surface area (Å²) in [6, 6.07) is 2.44. The van der Waals surface area contributed by atoms with Gasteiger partial charge in [0, 0.05) is 29.7 Å². The molecule has 1 aliphatic heterocycles. The second kappa shape index (κ2) is 5.26. The van der Waals surface area contributed by atoms with Gasteiger partial charge in [-0.3, -0.25) is 4.79 Å². The summed E-state index contributed by atoms with van der Waals surface area (Å²) in [7, 11) is 0. The highest BCUT2D eigenvalue weighted by Crippen LogP contribution is 2.20. The molecule has 0 atom stereocenters. The number of rotatable bonds is 1. The van der Waals surface area contributed by atoms with Crippen molar-refractivity contribution in [3.8, 4) is 0 Å². The van der Waals surface area contributed by atoms with Crippen LogP contribution in [-0.2, 0) is 0 Å². The summed E-state index contributed by atoms with van der Waals surface area (Å²) in [6.07, 6.45) is 0. The standard InChI is InChI=1S/C11H11F2IN2O/c12-7-1-2-8(14)10(13)9(7)11(17)16-5-3-15-4-6-16/h1-2,15H,3-6H2. The first kappa shape index (κ1) is 12.7. The Kier molecular flexibility index (Phi) is 3.93. The van der Waals surface area contributed by atoms with Crippen molar-refractivity contribution in [3.05, 3.63) is 32.9 Å². The molecule has 6 heteroatoms. The van der Waals surface area contributed by atoms with Crippen molar-refractivity contribution < 1.29 is 13.6 Å². The number of carbonyl (C=O) groups excluding carboxylic acids is 1. The Morgan fingerprint density at radius 1 is 1.29 bits per heavy atom. The predicted molar refractivity (Wildman–Crippen MR) is 67.8 cm³/mol. The topological polar surface area (TPSA) is 32.3 Å². The number of hydrogen-bond donors (Lipinski definition) is 1. The zero-order valence-corrected chi connectivity index (χ0v) is 11.1. The quantitative estimate of drug-likeness (QED) is 0.616. The van der Waals surface area contributed by atoms with Gasteiger partial charge in [-0.05, 0) is 34.7 Å². The molecule has 0 aromatic heterocycles. The summed E-state index contributed by atoms with van der Waals surface area (Å²) >= 11 is 1.75. The van der Waals surface area contributed by atoms with Gasteiger partial charge in [-0.15, -0.1) is 0 Å². The van der Waals surface area contributed by atoms with E-state index in [9.17, 15) is 13.6 Å². The summed E-state index contributed by atoms with van der Waals surface area (Å²) < 4.78 is 27.5. The van der Waals surface area contributed by atoms with Crippen molar-refractivity contribution in [3.63, 3.8) is 0 Å². The average Bonchev–Trinajstić information content (AvgIpc) is 2.35. The van der Waals surface area contributed by atoms with Crippen LogP contribution in [0.2, 0.25) is 0 Å². The SMILES string of the molecule is O=C(c1c(F)ccc(I)c1F)N1CCNCC1. The molecule has 0 unspecified atom stereocenters. The van der Waals surface area contributed by atoms with Crippen LogP contribution in [-0.4, -0.2) is 37.0 Å². The molecule has 1 N–H and O–H groups in total. The van der Waals surface area contributed by atoms with Gasteiger partial charge < -0.3 is 10.2 Å². The van der Waals surface area contributed by atoms with Crippen LogP contribution < -0.4 is 5.32 Å². The van der Waals surface area contributed by atoms with Gasteiger partial charge >= 0.3 is 0 Å². The lowest BCUT2D eigenvalue weighted by molar-refractivity contribution is 0.0725. The number of hydrogen-bond acceptors (Lipinski definition) is 2. The van der Waals surface area contributed by atoms with Crippen LogP contribution >= 0.6 is 22.6 Å². The molecular formula is C11H11F2IN2O. The van der Waals surface area contributed by atoms with Crippen molar-refractivity contribution >= 4 is 28.5 Å². The molecular weight excluding hydrogens is 341 g/mol. The highest BCUT2D eigenvalue weighted by atomic mass is 127. The lowest BCUT2D eigenvalue weighted by Crippen LogP contribution is -2.46. The van der Waals surface area contributed by atoms with E-state index in [0.717, 1.165) is 6.07 Å². The van der Waals surface area contributed by atoms with Gasteiger partial charge in [0.1, 0.15) is 11.4 Å². The molecule has 1 fully saturated rings. The van der Waals surface area contributed by atoms with E-state index >= 15 is 0 Å². The molecule has 1 amide bonds. The molecule has 1 aromatic rings. The van der Waals surface area contributed by atoms with E-state index in [4.69, 9.17) is 0 Å². The molecule has 1 saturated heterocycles. The van der Waals surface area contributed by atoms with E-state index in [-0.39, 0.29) is 3.57 Å². The molecule has 92 valence electrons. The highest BCUT2D eigenvalue weighted by molar-refractivity contribution is 14.1. The van der Waals surface area contributed by atoms with Crippen molar-refractivity contribution in [1.82, 2.24) is 10.2 Å². The number of halogens is 3. The van der Waals surface area contributed by atoms with Gasteiger partial charge in [0.25, 0.3) is 5.91 Å². The zero-order valence-electron chi connectivity index (χ0n) is 8.97. The Morgan fingerprint density at radius 2 is 1.94 bits per heavy atom. The van der Waals surface area contributed by atoms with Gasteiger partial charge in [-0.2, -0.15) is 0 Å². The maximum Gasteiger partial charge on any atom is 0.259 e. The monoisotopic (exact) mass is 352 g/mol. The van der Waals surface area contributed by atoms with E-state index in [0.29, 0.717) is 26.2 Å². The molecule has 0 saturated carbocycles. The maximum absolute atomic E-state index is 13.8. The van der Waals surface area contributed by atoms with Crippen LogP contribution in [0.25, 0.3) is 0 Å². The van der Waals surface area contributed by atoms with Crippen LogP contribution in [0.5, 0.6) is 0 Å². The van der Waals surface area contributed by atoms with Gasteiger partial charge in [0.2, 0.25) is 0 Å². The first-order valence-electron chi connectivity index (χ1n) is 5.24. The van der Waals surface area contributed by atoms with Crippen LogP contribution in [0.3, 0.4) is 0 Å². The van der Waals surface area contributed by atoms with Crippen LogP contribution in [0.1, 0.15) is 10.4 Å². The first-order chi connectivity index (χ1) is 8.11. The summed E-state index contributed by atoms with van der Waals surface area (Å²) in [6.45, 7) is 2.25. The molecule has 0 aliphatic carbocycles. The Morgan fingerprint density at radius 3 is 2.59 bits per heavy atom. The minimum atomic E-state index is -0.800. The third-order valence-corrected chi connectivity index (χ3v) is 3.50. The largest absolute Gasteiger partial charge is 0.336 e. The number of benzene rings is 1. The number of nitrogens with zero attached hydrogens (tertiary/aromatic N) is 1. The maximum atomic E-state index is 13.8. The molecule has 0 bridgehead atoms. The number of carbonyl (C=O) groups is 1. The second-order valence-corrected chi connectivity index (χ2v) is 4.92. The fourth-order valence-corrected chi connectivity index (χ4v) is 2.20. The van der Waals surface area contributed by atoms with E-state index < -0.39 is 23.1 Å². The van der Waals surface area contributed by atoms with E-state index in [1.54, 1.807) is 22.6 Å². The molecule has 1 heterocycles. The third-order valence-electron chi connectivity index (χ3n) is 2.66. The Hall–Kier alpha value is -0.760. The molecule has 17 heavy (non-hydrogen) atoms. The van der Waals surface area contributed by atoms with Crippen LogP contribution in [0.15, 0.2) is 12.1 Å². The number of amides is 1. The van der Waals surface area contributed by atoms with Crippen molar-refractivity contribution in [1.29, 1.82) is 0 Å². The molecule has 1 aliphatic rings. The lowest BCUT2D eigenvalue weighted by Gasteiger charge is -2.27. The zero-order chi connectivity index (χ0) is 12.4. The van der Waals surface area contributed by atoms with Gasteiger partial charge in [0.15, 0.2) is 5.82 Å². The Labute approximate surface area is 111 Å². The minimum absolute atomic E-state index is 0.252. The Balaban J connectivity index is 2.32. The molecule has 0 radical (unpaired) electrons. The normalized spacial score (nSPS) is 16.1. The average molecular weight is 352 g/mol. The van der Waals surface area contributed by atoms with Gasteiger partial charge in [0.05, 0.1) is 0 Å². The fraction of sp³-hybridized carbons (Fsp3) is 0.364. The smallest absolute Gasteiger partial charge is 0.259 e. The molecule has 0 spiro atoms. The van der Waals surface area contributed by atoms with Crippen molar-refractivity contribution in [2.24, 2.45) is 0 Å². The highest BCUT2D eigenvalue weighted by Gasteiger charge is 2.25. The lowest BCUT2D eigenvalue weighted by atomic mass is 10.1. The van der Waals surface area contributed by atoms with Crippen molar-refractivity contribution in [2.45, 2.75) is 0 Å². The van der Waals surface area contributed by atoms with Gasteiger partial charge in [-0.25, -0.2) is 8.78 Å². The number of piperazine rings is 1. The van der Waals surface area contributed by atoms with Crippen LogP contribution in [0.4, 0.5) is 8.78 Å². The summed E-state index contributed by atoms with van der Waals surface area (Å²) in [5, 5.41) is 3.08. The predicted octanol–water partition coefficient (Wildman–Crippen LogP) is 1.61. The van der Waals surface area contributed by atoms with E-state index in [1.807, 2.05) is 0 Å². The summed E-state index contributed by atoms with van der Waals surface area (Å²) in [5.41, 5.74) is -0.446. The Bertz CT molecular complexity index is 447. The summed E-state index contributed by atoms with van der Waals surface area (Å²) in [5.74, 6) is -2.14. The molecule has 2 rings (SSSR count).